The standard InChI is InChI=1S/C15H12Br2FNOS/c1-2-19-14(10-7-13(16)21-15(10)17)12-6-8-5-9(18)3-4-11(8)20-12/h3-7,14,19H,2H2,1H3. The predicted molar refractivity (Wildman–Crippen MR) is 91.4 cm³/mol. The zero-order chi connectivity index (χ0) is 15.0. The molecule has 0 saturated heterocycles. The van der Waals surface area contributed by atoms with Crippen LogP contribution in [0.25, 0.3) is 11.0 Å². The Kier molecular flexibility index (Phi) is 4.49. The minimum absolute atomic E-state index is 0.0672. The quantitative estimate of drug-likeness (QED) is 0.558. The Balaban J connectivity index is 2.08. The van der Waals surface area contributed by atoms with Crippen LogP contribution < -0.4 is 5.32 Å². The number of halogens is 3. The lowest BCUT2D eigenvalue weighted by atomic mass is 10.1. The van der Waals surface area contributed by atoms with E-state index < -0.39 is 0 Å². The van der Waals surface area contributed by atoms with Gasteiger partial charge in [0.05, 0.1) is 13.6 Å². The molecule has 0 radical (unpaired) electrons. The molecular weight excluding hydrogens is 421 g/mol. The summed E-state index contributed by atoms with van der Waals surface area (Å²) < 4.78 is 21.3. The van der Waals surface area contributed by atoms with Gasteiger partial charge in [0.15, 0.2) is 0 Å². The van der Waals surface area contributed by atoms with Gasteiger partial charge in [-0.15, -0.1) is 11.3 Å². The van der Waals surface area contributed by atoms with Crippen molar-refractivity contribution in [3.63, 3.8) is 0 Å². The number of hydrogen-bond donors (Lipinski definition) is 1. The molecule has 0 saturated carbocycles. The summed E-state index contributed by atoms with van der Waals surface area (Å²) in [7, 11) is 0. The van der Waals surface area contributed by atoms with Crippen molar-refractivity contribution in [2.75, 3.05) is 6.54 Å². The van der Waals surface area contributed by atoms with E-state index in [1.165, 1.54) is 12.1 Å². The van der Waals surface area contributed by atoms with Crippen LogP contribution in [-0.4, -0.2) is 6.54 Å². The van der Waals surface area contributed by atoms with Crippen LogP contribution in [0.15, 0.2) is 42.3 Å². The predicted octanol–water partition coefficient (Wildman–Crippen LogP) is 5.86. The first-order valence-corrected chi connectivity index (χ1v) is 8.86. The Morgan fingerprint density at radius 1 is 1.29 bits per heavy atom. The molecule has 0 aliphatic carbocycles. The highest BCUT2D eigenvalue weighted by atomic mass is 79.9. The van der Waals surface area contributed by atoms with Gasteiger partial charge in [0.1, 0.15) is 17.2 Å². The Morgan fingerprint density at radius 3 is 2.76 bits per heavy atom. The Labute approximate surface area is 142 Å². The zero-order valence-electron chi connectivity index (χ0n) is 11.1. The van der Waals surface area contributed by atoms with Crippen molar-refractivity contribution >= 4 is 54.2 Å². The van der Waals surface area contributed by atoms with E-state index in [1.807, 2.05) is 13.0 Å². The molecule has 0 fully saturated rings. The lowest BCUT2D eigenvalue weighted by molar-refractivity contribution is 0.477. The highest BCUT2D eigenvalue weighted by molar-refractivity contribution is 9.12. The van der Waals surface area contributed by atoms with E-state index in [4.69, 9.17) is 4.42 Å². The molecule has 0 aliphatic heterocycles. The number of thiophene rings is 1. The summed E-state index contributed by atoms with van der Waals surface area (Å²) in [4.78, 5) is 0. The first kappa shape index (κ1) is 15.2. The highest BCUT2D eigenvalue weighted by Crippen LogP contribution is 2.39. The van der Waals surface area contributed by atoms with E-state index >= 15 is 0 Å². The van der Waals surface area contributed by atoms with E-state index in [0.717, 1.165) is 30.8 Å². The minimum Gasteiger partial charge on any atom is -0.459 e. The van der Waals surface area contributed by atoms with Crippen molar-refractivity contribution in [2.24, 2.45) is 0 Å². The molecule has 1 N–H and O–H groups in total. The fourth-order valence-electron chi connectivity index (χ4n) is 2.29. The number of nitrogens with one attached hydrogen (secondary N) is 1. The maximum absolute atomic E-state index is 13.3. The van der Waals surface area contributed by atoms with Crippen molar-refractivity contribution in [2.45, 2.75) is 13.0 Å². The molecule has 0 aliphatic rings. The van der Waals surface area contributed by atoms with Crippen LogP contribution in [0.1, 0.15) is 24.3 Å². The first-order valence-electron chi connectivity index (χ1n) is 6.45. The molecule has 0 amide bonds. The molecule has 2 heterocycles. The van der Waals surface area contributed by atoms with Gasteiger partial charge in [0.2, 0.25) is 0 Å². The minimum atomic E-state index is -0.255. The summed E-state index contributed by atoms with van der Waals surface area (Å²) in [5.41, 5.74) is 1.80. The van der Waals surface area contributed by atoms with Gasteiger partial charge in [-0.25, -0.2) is 4.39 Å². The molecule has 0 bridgehead atoms. The average Bonchev–Trinajstić information content (AvgIpc) is 2.98. The summed E-state index contributed by atoms with van der Waals surface area (Å²) in [6, 6.07) is 8.45. The van der Waals surface area contributed by atoms with Crippen LogP contribution in [0.2, 0.25) is 0 Å². The molecule has 2 aromatic heterocycles. The summed E-state index contributed by atoms with van der Waals surface area (Å²) in [5, 5.41) is 4.19. The number of hydrogen-bond acceptors (Lipinski definition) is 3. The third kappa shape index (κ3) is 3.08. The van der Waals surface area contributed by atoms with Crippen molar-refractivity contribution in [1.29, 1.82) is 0 Å². The van der Waals surface area contributed by atoms with E-state index in [2.05, 4.69) is 43.2 Å². The molecule has 21 heavy (non-hydrogen) atoms. The third-order valence-corrected chi connectivity index (χ3v) is 5.57. The molecule has 0 spiro atoms. The van der Waals surface area contributed by atoms with Gasteiger partial charge in [-0.2, -0.15) is 0 Å². The summed E-state index contributed by atoms with van der Waals surface area (Å²) in [6.45, 7) is 2.85. The van der Waals surface area contributed by atoms with Gasteiger partial charge < -0.3 is 9.73 Å². The molecule has 2 nitrogen and oxygen atoms in total. The molecule has 1 unspecified atom stereocenters. The van der Waals surface area contributed by atoms with Gasteiger partial charge >= 0.3 is 0 Å². The van der Waals surface area contributed by atoms with Crippen LogP contribution in [0.3, 0.4) is 0 Å². The number of fused-ring (bicyclic) bond motifs is 1. The van der Waals surface area contributed by atoms with Gasteiger partial charge in [0.25, 0.3) is 0 Å². The van der Waals surface area contributed by atoms with Crippen molar-refractivity contribution in [3.8, 4) is 0 Å². The lowest BCUT2D eigenvalue weighted by Crippen LogP contribution is -2.21. The molecule has 3 aromatic rings. The van der Waals surface area contributed by atoms with Crippen LogP contribution in [0.5, 0.6) is 0 Å². The van der Waals surface area contributed by atoms with Gasteiger partial charge in [0, 0.05) is 10.9 Å². The second-order valence-corrected chi connectivity index (χ2v) is 8.35. The fraction of sp³-hybridized carbons (Fsp3) is 0.200. The number of furan rings is 1. The van der Waals surface area contributed by atoms with Crippen LogP contribution >= 0.6 is 43.2 Å². The van der Waals surface area contributed by atoms with E-state index in [1.54, 1.807) is 17.4 Å². The molecule has 1 atom stereocenters. The maximum atomic E-state index is 13.3. The topological polar surface area (TPSA) is 25.2 Å². The summed E-state index contributed by atoms with van der Waals surface area (Å²) in [6.07, 6.45) is 0. The Hall–Kier alpha value is -0.690. The Bertz CT molecular complexity index is 783. The lowest BCUT2D eigenvalue weighted by Gasteiger charge is -2.14. The van der Waals surface area contributed by atoms with Gasteiger partial charge in [-0.1, -0.05) is 6.92 Å². The van der Waals surface area contributed by atoms with Crippen molar-refractivity contribution < 1.29 is 8.81 Å². The smallest absolute Gasteiger partial charge is 0.134 e. The largest absolute Gasteiger partial charge is 0.459 e. The van der Waals surface area contributed by atoms with Crippen molar-refractivity contribution in [1.82, 2.24) is 5.32 Å². The normalized spacial score (nSPS) is 13.0. The first-order chi connectivity index (χ1) is 10.1. The second-order valence-electron chi connectivity index (χ2n) is 4.60. The SMILES string of the molecule is CCNC(c1cc2cc(F)ccc2o1)c1cc(Br)sc1Br. The Morgan fingerprint density at radius 2 is 2.10 bits per heavy atom. The summed E-state index contributed by atoms with van der Waals surface area (Å²) >= 11 is 8.71. The van der Waals surface area contributed by atoms with Gasteiger partial charge in [-0.3, -0.25) is 0 Å². The molecule has 1 aromatic carbocycles. The number of benzene rings is 1. The average molecular weight is 433 g/mol. The molecular formula is C15H12Br2FNOS. The molecule has 3 rings (SSSR count). The molecule has 110 valence electrons. The summed E-state index contributed by atoms with van der Waals surface area (Å²) in [5.74, 6) is 0.526. The van der Waals surface area contributed by atoms with Crippen molar-refractivity contribution in [3.05, 3.63) is 55.0 Å². The van der Waals surface area contributed by atoms with E-state index in [9.17, 15) is 4.39 Å². The van der Waals surface area contributed by atoms with Gasteiger partial charge in [-0.05, 0) is 68.7 Å². The van der Waals surface area contributed by atoms with Crippen LogP contribution in [0.4, 0.5) is 4.39 Å². The van der Waals surface area contributed by atoms with E-state index in [-0.39, 0.29) is 11.9 Å². The molecule has 6 heteroatoms. The van der Waals surface area contributed by atoms with Crippen LogP contribution in [0, 0.1) is 5.82 Å². The zero-order valence-corrected chi connectivity index (χ0v) is 15.1. The third-order valence-electron chi connectivity index (χ3n) is 3.18. The maximum Gasteiger partial charge on any atom is 0.134 e. The monoisotopic (exact) mass is 431 g/mol. The van der Waals surface area contributed by atoms with E-state index in [0.29, 0.717) is 5.58 Å². The second kappa shape index (κ2) is 6.20. The fourth-order valence-corrected chi connectivity index (χ4v) is 5.20. The highest BCUT2D eigenvalue weighted by Gasteiger charge is 2.22. The number of rotatable bonds is 4. The van der Waals surface area contributed by atoms with Crippen LogP contribution in [-0.2, 0) is 0 Å².